The van der Waals surface area contributed by atoms with Gasteiger partial charge in [-0.25, -0.2) is 8.42 Å². The van der Waals surface area contributed by atoms with E-state index in [1.165, 1.54) is 96.3 Å². The molecule has 0 aliphatic carbocycles. The molecule has 0 aromatic heterocycles. The molecule has 0 radical (unpaired) electrons. The third-order valence-electron chi connectivity index (χ3n) is 5.12. The van der Waals surface area contributed by atoms with Gasteiger partial charge in [0, 0.05) is 6.54 Å². The van der Waals surface area contributed by atoms with Crippen LogP contribution in [-0.4, -0.2) is 43.8 Å². The molecule has 6 heteroatoms. The maximum atomic E-state index is 10.6. The molecule has 0 spiro atoms. The zero-order chi connectivity index (χ0) is 19.5. The standard InChI is InChI=1S/C21H45NO3S.Na/c1-3-4-5-6-7-8-9-10-11-12-13-14-15-16-17-18-19-22(2)20-21-26(23,24)25;/h3-21H2,1-2H3,(H,23,24,25);/q;+1/p-1. The van der Waals surface area contributed by atoms with Crippen LogP contribution in [0.4, 0.5) is 0 Å². The summed E-state index contributed by atoms with van der Waals surface area (Å²) in [4.78, 5) is 1.94. The molecular formula is C21H44NNaO3S. The van der Waals surface area contributed by atoms with E-state index in [0.29, 0.717) is 6.54 Å². The topological polar surface area (TPSA) is 60.4 Å². The van der Waals surface area contributed by atoms with Crippen molar-refractivity contribution in [3.8, 4) is 0 Å². The van der Waals surface area contributed by atoms with E-state index < -0.39 is 10.1 Å². The molecule has 4 nitrogen and oxygen atoms in total. The maximum Gasteiger partial charge on any atom is 1.00 e. The van der Waals surface area contributed by atoms with Gasteiger partial charge in [0.15, 0.2) is 0 Å². The molecule has 27 heavy (non-hydrogen) atoms. The maximum absolute atomic E-state index is 10.6. The van der Waals surface area contributed by atoms with E-state index in [0.717, 1.165) is 13.0 Å². The third kappa shape index (κ3) is 26.9. The molecule has 0 unspecified atom stereocenters. The van der Waals surface area contributed by atoms with E-state index >= 15 is 0 Å². The SMILES string of the molecule is CCCCCCCCCCCCCCCCCCN(C)CCS(=O)(=O)[O-].[Na+]. The normalized spacial score (nSPS) is 11.7. The minimum absolute atomic E-state index is 0. The molecule has 0 saturated heterocycles. The van der Waals surface area contributed by atoms with Crippen LogP contribution in [0.25, 0.3) is 0 Å². The summed E-state index contributed by atoms with van der Waals surface area (Å²) in [7, 11) is -2.19. The summed E-state index contributed by atoms with van der Waals surface area (Å²) in [6.07, 6.45) is 21.7. The molecule has 0 N–H and O–H groups in total. The second-order valence-corrected chi connectivity index (χ2v) is 9.39. The summed E-state index contributed by atoms with van der Waals surface area (Å²) in [6, 6.07) is 0. The zero-order valence-corrected chi connectivity index (χ0v) is 21.3. The number of unbranched alkanes of at least 4 members (excludes halogenated alkanes) is 15. The Morgan fingerprint density at radius 3 is 1.30 bits per heavy atom. The molecule has 0 aromatic carbocycles. The summed E-state index contributed by atoms with van der Waals surface area (Å²) < 4.78 is 31.7. The van der Waals surface area contributed by atoms with Gasteiger partial charge in [0.1, 0.15) is 0 Å². The van der Waals surface area contributed by atoms with Gasteiger partial charge < -0.3 is 9.45 Å². The van der Waals surface area contributed by atoms with Crippen molar-refractivity contribution in [2.75, 3.05) is 25.9 Å². The van der Waals surface area contributed by atoms with Crippen LogP contribution in [-0.2, 0) is 10.1 Å². The molecule has 0 atom stereocenters. The first-order chi connectivity index (χ1) is 12.5. The Morgan fingerprint density at radius 2 is 0.963 bits per heavy atom. The molecule has 0 aliphatic rings. The first-order valence-corrected chi connectivity index (χ1v) is 12.7. The quantitative estimate of drug-likeness (QED) is 0.175. The van der Waals surface area contributed by atoms with Crippen LogP contribution in [0.1, 0.15) is 110 Å². The van der Waals surface area contributed by atoms with Crippen molar-refractivity contribution in [1.29, 1.82) is 0 Å². The minimum atomic E-state index is -4.07. The largest absolute Gasteiger partial charge is 1.00 e. The Hall–Kier alpha value is 0.870. The Labute approximate surface area is 192 Å². The molecule has 0 saturated carbocycles. The average molecular weight is 414 g/mol. The van der Waals surface area contributed by atoms with Crippen LogP contribution < -0.4 is 29.6 Å². The van der Waals surface area contributed by atoms with Gasteiger partial charge in [0.05, 0.1) is 15.9 Å². The van der Waals surface area contributed by atoms with Crippen LogP contribution in [0, 0.1) is 0 Å². The average Bonchev–Trinajstić information content (AvgIpc) is 2.59. The van der Waals surface area contributed by atoms with Crippen molar-refractivity contribution in [2.45, 2.75) is 110 Å². The third-order valence-corrected chi connectivity index (χ3v) is 5.80. The number of hydrogen-bond donors (Lipinski definition) is 0. The van der Waals surface area contributed by atoms with E-state index in [1.54, 1.807) is 0 Å². The molecule has 0 aliphatic heterocycles. The predicted octanol–water partition coefficient (Wildman–Crippen LogP) is 2.73. The Bertz CT molecular complexity index is 391. The second-order valence-electron chi connectivity index (χ2n) is 7.87. The van der Waals surface area contributed by atoms with E-state index in [4.69, 9.17) is 0 Å². The number of nitrogens with zero attached hydrogens (tertiary/aromatic N) is 1. The number of hydrogen-bond acceptors (Lipinski definition) is 4. The van der Waals surface area contributed by atoms with Crippen molar-refractivity contribution < 1.29 is 42.5 Å². The van der Waals surface area contributed by atoms with Gasteiger partial charge in [-0.3, -0.25) is 0 Å². The molecule has 0 fully saturated rings. The van der Waals surface area contributed by atoms with E-state index in [2.05, 4.69) is 6.92 Å². The molecule has 0 bridgehead atoms. The van der Waals surface area contributed by atoms with Crippen LogP contribution in [0.5, 0.6) is 0 Å². The first-order valence-electron chi connectivity index (χ1n) is 11.1. The van der Waals surface area contributed by atoms with Crippen LogP contribution >= 0.6 is 0 Å². The molecule has 0 rings (SSSR count). The summed E-state index contributed by atoms with van der Waals surface area (Å²) in [5, 5.41) is 0. The fourth-order valence-corrected chi connectivity index (χ4v) is 3.84. The van der Waals surface area contributed by atoms with Crippen LogP contribution in [0.2, 0.25) is 0 Å². The summed E-state index contributed by atoms with van der Waals surface area (Å²) in [5.41, 5.74) is 0. The first kappa shape index (κ1) is 30.1. The summed E-state index contributed by atoms with van der Waals surface area (Å²) in [5.74, 6) is -0.275. The van der Waals surface area contributed by atoms with Gasteiger partial charge in [-0.2, -0.15) is 0 Å². The van der Waals surface area contributed by atoms with Crippen molar-refractivity contribution in [3.05, 3.63) is 0 Å². The fourth-order valence-electron chi connectivity index (χ4n) is 3.31. The van der Waals surface area contributed by atoms with Crippen molar-refractivity contribution in [1.82, 2.24) is 4.90 Å². The molecule has 0 aromatic rings. The van der Waals surface area contributed by atoms with Gasteiger partial charge in [-0.15, -0.1) is 0 Å². The minimum Gasteiger partial charge on any atom is -0.748 e. The number of rotatable bonds is 20. The Morgan fingerprint density at radius 1 is 0.630 bits per heavy atom. The van der Waals surface area contributed by atoms with E-state index in [-0.39, 0.29) is 35.3 Å². The summed E-state index contributed by atoms with van der Waals surface area (Å²) >= 11 is 0. The molecular weight excluding hydrogens is 369 g/mol. The zero-order valence-electron chi connectivity index (χ0n) is 18.5. The molecule has 158 valence electrons. The van der Waals surface area contributed by atoms with Gasteiger partial charge in [0.25, 0.3) is 0 Å². The van der Waals surface area contributed by atoms with Gasteiger partial charge in [0.2, 0.25) is 0 Å². The predicted molar refractivity (Wildman–Crippen MR) is 112 cm³/mol. The monoisotopic (exact) mass is 413 g/mol. The molecule has 0 amide bonds. The van der Waals surface area contributed by atoms with E-state index in [1.807, 2.05) is 11.9 Å². The van der Waals surface area contributed by atoms with Crippen LogP contribution in [0.15, 0.2) is 0 Å². The smallest absolute Gasteiger partial charge is 0.748 e. The Balaban J connectivity index is 0. The summed E-state index contributed by atoms with van der Waals surface area (Å²) in [6.45, 7) is 3.51. The van der Waals surface area contributed by atoms with Crippen molar-refractivity contribution in [3.63, 3.8) is 0 Å². The second kappa shape index (κ2) is 21.6. The van der Waals surface area contributed by atoms with Crippen LogP contribution in [0.3, 0.4) is 0 Å². The van der Waals surface area contributed by atoms with Crippen molar-refractivity contribution in [2.24, 2.45) is 0 Å². The fraction of sp³-hybridized carbons (Fsp3) is 1.00. The van der Waals surface area contributed by atoms with Crippen molar-refractivity contribution >= 4 is 10.1 Å². The van der Waals surface area contributed by atoms with Gasteiger partial charge >= 0.3 is 29.6 Å². The Kier molecular flexibility index (Phi) is 24.0. The van der Waals surface area contributed by atoms with Gasteiger partial charge in [-0.05, 0) is 20.0 Å². The van der Waals surface area contributed by atoms with Gasteiger partial charge in [-0.1, -0.05) is 103 Å². The molecule has 0 heterocycles. The van der Waals surface area contributed by atoms with E-state index in [9.17, 15) is 13.0 Å².